The fourth-order valence-corrected chi connectivity index (χ4v) is 2.41. The Balaban J connectivity index is 2.09. The molecule has 1 aromatic rings. The summed E-state index contributed by atoms with van der Waals surface area (Å²) in [5.41, 5.74) is 1.51. The number of rotatable bonds is 3. The number of pyridine rings is 1. The lowest BCUT2D eigenvalue weighted by Gasteiger charge is -2.20. The number of nitrogens with one attached hydrogen (secondary N) is 1. The monoisotopic (exact) mass is 261 g/mol. The van der Waals surface area contributed by atoms with Crippen LogP contribution >= 0.6 is 0 Å². The van der Waals surface area contributed by atoms with Crippen molar-refractivity contribution in [3.05, 3.63) is 24.0 Å². The molecule has 0 aromatic carbocycles. The van der Waals surface area contributed by atoms with E-state index in [4.69, 9.17) is 0 Å². The molecule has 1 aromatic heterocycles. The number of carbonyl (C=O) groups excluding carboxylic acids is 1. The van der Waals surface area contributed by atoms with Crippen molar-refractivity contribution in [1.29, 1.82) is 0 Å². The third kappa shape index (κ3) is 3.94. The fraction of sp³-hybridized carbons (Fsp3) is 0.600. The first kappa shape index (κ1) is 13.8. The van der Waals surface area contributed by atoms with E-state index in [9.17, 15) is 4.79 Å². The van der Waals surface area contributed by atoms with Crippen molar-refractivity contribution in [2.24, 2.45) is 0 Å². The van der Waals surface area contributed by atoms with E-state index in [2.05, 4.69) is 24.1 Å². The summed E-state index contributed by atoms with van der Waals surface area (Å²) in [5, 5.41) is 3.30. The number of amides is 1. The molecule has 2 heterocycles. The van der Waals surface area contributed by atoms with Crippen LogP contribution in [0.3, 0.4) is 0 Å². The molecule has 0 spiro atoms. The van der Waals surface area contributed by atoms with Crippen LogP contribution < -0.4 is 5.32 Å². The Morgan fingerprint density at radius 1 is 1.26 bits per heavy atom. The molecular weight excluding hydrogens is 238 g/mol. The average Bonchev–Trinajstić information content (AvgIpc) is 2.66. The van der Waals surface area contributed by atoms with Gasteiger partial charge in [0.1, 0.15) is 5.69 Å². The molecule has 1 amide bonds. The highest BCUT2D eigenvalue weighted by atomic mass is 16.2. The maximum absolute atomic E-state index is 12.4. The normalized spacial score (nSPS) is 16.3. The molecule has 2 rings (SSSR count). The second kappa shape index (κ2) is 6.55. The highest BCUT2D eigenvalue weighted by Gasteiger charge is 2.18. The Morgan fingerprint density at radius 2 is 1.95 bits per heavy atom. The lowest BCUT2D eigenvalue weighted by molar-refractivity contribution is 0.0756. The number of carbonyl (C=O) groups is 1. The molecule has 1 N–H and O–H groups in total. The zero-order valence-electron chi connectivity index (χ0n) is 11.9. The van der Waals surface area contributed by atoms with E-state index >= 15 is 0 Å². The number of hydrogen-bond acceptors (Lipinski definition) is 3. The van der Waals surface area contributed by atoms with E-state index in [-0.39, 0.29) is 5.91 Å². The second-order valence-electron chi connectivity index (χ2n) is 5.44. The van der Waals surface area contributed by atoms with Gasteiger partial charge in [-0.25, -0.2) is 0 Å². The van der Waals surface area contributed by atoms with Gasteiger partial charge in [-0.2, -0.15) is 0 Å². The van der Waals surface area contributed by atoms with Gasteiger partial charge in [0.25, 0.3) is 5.91 Å². The number of likely N-dealkylation sites (tertiary alicyclic amines) is 1. The van der Waals surface area contributed by atoms with Gasteiger partial charge in [-0.15, -0.1) is 0 Å². The van der Waals surface area contributed by atoms with E-state index in [1.165, 1.54) is 12.8 Å². The first-order valence-electron chi connectivity index (χ1n) is 7.18. The van der Waals surface area contributed by atoms with Crippen LogP contribution in [0.1, 0.15) is 50.0 Å². The zero-order chi connectivity index (χ0) is 13.7. The molecular formula is C15H23N3O. The number of aromatic nitrogens is 1. The van der Waals surface area contributed by atoms with Gasteiger partial charge < -0.3 is 10.2 Å². The standard InChI is InChI=1S/C15H23N3O/c1-12(2)17-13-7-8-16-14(11-13)15(19)18-9-5-3-4-6-10-18/h7-8,11-12H,3-6,9-10H2,1-2H3,(H,16,17). The minimum Gasteiger partial charge on any atom is -0.383 e. The Kier molecular flexibility index (Phi) is 4.77. The molecule has 1 aliphatic rings. The van der Waals surface area contributed by atoms with Gasteiger partial charge in [0.2, 0.25) is 0 Å². The van der Waals surface area contributed by atoms with Gasteiger partial charge in [-0.3, -0.25) is 9.78 Å². The molecule has 19 heavy (non-hydrogen) atoms. The van der Waals surface area contributed by atoms with Crippen LogP contribution in [0.25, 0.3) is 0 Å². The molecule has 4 nitrogen and oxygen atoms in total. The van der Waals surface area contributed by atoms with Crippen LogP contribution in [0.2, 0.25) is 0 Å². The van der Waals surface area contributed by atoms with Gasteiger partial charge in [0, 0.05) is 31.0 Å². The predicted molar refractivity (Wildman–Crippen MR) is 77.4 cm³/mol. The highest BCUT2D eigenvalue weighted by molar-refractivity contribution is 5.93. The number of nitrogens with zero attached hydrogens (tertiary/aromatic N) is 2. The van der Waals surface area contributed by atoms with Gasteiger partial charge in [-0.1, -0.05) is 12.8 Å². The van der Waals surface area contributed by atoms with Crippen molar-refractivity contribution < 1.29 is 4.79 Å². The van der Waals surface area contributed by atoms with E-state index in [1.807, 2.05) is 17.0 Å². The zero-order valence-corrected chi connectivity index (χ0v) is 11.9. The van der Waals surface area contributed by atoms with Crippen LogP contribution in [-0.2, 0) is 0 Å². The Bertz CT molecular complexity index is 423. The highest BCUT2D eigenvalue weighted by Crippen LogP contribution is 2.15. The first-order valence-corrected chi connectivity index (χ1v) is 7.18. The molecule has 4 heteroatoms. The summed E-state index contributed by atoms with van der Waals surface area (Å²) < 4.78 is 0. The molecule has 1 aliphatic heterocycles. The largest absolute Gasteiger partial charge is 0.383 e. The van der Waals surface area contributed by atoms with Crippen LogP contribution in [0.5, 0.6) is 0 Å². The molecule has 0 saturated carbocycles. The van der Waals surface area contributed by atoms with Crippen molar-refractivity contribution in [3.63, 3.8) is 0 Å². The minimum absolute atomic E-state index is 0.0642. The van der Waals surface area contributed by atoms with Crippen LogP contribution in [0.4, 0.5) is 5.69 Å². The summed E-state index contributed by atoms with van der Waals surface area (Å²) in [6.45, 7) is 5.89. The second-order valence-corrected chi connectivity index (χ2v) is 5.44. The topological polar surface area (TPSA) is 45.2 Å². The summed E-state index contributed by atoms with van der Waals surface area (Å²) in [7, 11) is 0. The third-order valence-corrected chi connectivity index (χ3v) is 3.33. The van der Waals surface area contributed by atoms with Gasteiger partial charge in [0.15, 0.2) is 0 Å². The lowest BCUT2D eigenvalue weighted by atomic mass is 10.2. The summed E-state index contributed by atoms with van der Waals surface area (Å²) in [5.74, 6) is 0.0642. The Labute approximate surface area is 115 Å². The molecule has 0 aliphatic carbocycles. The smallest absolute Gasteiger partial charge is 0.272 e. The molecule has 0 unspecified atom stereocenters. The Morgan fingerprint density at radius 3 is 2.58 bits per heavy atom. The summed E-state index contributed by atoms with van der Waals surface area (Å²) in [6, 6.07) is 4.11. The fourth-order valence-electron chi connectivity index (χ4n) is 2.41. The first-order chi connectivity index (χ1) is 9.16. The van der Waals surface area contributed by atoms with Gasteiger partial charge in [-0.05, 0) is 38.8 Å². The van der Waals surface area contributed by atoms with Gasteiger partial charge in [0.05, 0.1) is 0 Å². The van der Waals surface area contributed by atoms with Crippen molar-refractivity contribution >= 4 is 11.6 Å². The maximum Gasteiger partial charge on any atom is 0.272 e. The van der Waals surface area contributed by atoms with Crippen LogP contribution in [0, 0.1) is 0 Å². The van der Waals surface area contributed by atoms with Crippen molar-refractivity contribution in [3.8, 4) is 0 Å². The molecule has 0 atom stereocenters. The van der Waals surface area contributed by atoms with Crippen LogP contribution in [0.15, 0.2) is 18.3 Å². The van der Waals surface area contributed by atoms with Crippen molar-refractivity contribution in [1.82, 2.24) is 9.88 Å². The van der Waals surface area contributed by atoms with E-state index < -0.39 is 0 Å². The van der Waals surface area contributed by atoms with Crippen molar-refractivity contribution in [2.45, 2.75) is 45.6 Å². The molecule has 1 saturated heterocycles. The molecule has 0 bridgehead atoms. The van der Waals surface area contributed by atoms with E-state index in [0.29, 0.717) is 11.7 Å². The quantitative estimate of drug-likeness (QED) is 0.910. The predicted octanol–water partition coefficient (Wildman–Crippen LogP) is 2.92. The summed E-state index contributed by atoms with van der Waals surface area (Å²) in [4.78, 5) is 18.6. The number of anilines is 1. The third-order valence-electron chi connectivity index (χ3n) is 3.33. The maximum atomic E-state index is 12.4. The van der Waals surface area contributed by atoms with E-state index in [0.717, 1.165) is 31.6 Å². The van der Waals surface area contributed by atoms with Crippen LogP contribution in [-0.4, -0.2) is 34.9 Å². The summed E-state index contributed by atoms with van der Waals surface area (Å²) in [6.07, 6.45) is 6.37. The summed E-state index contributed by atoms with van der Waals surface area (Å²) >= 11 is 0. The molecule has 104 valence electrons. The number of hydrogen-bond donors (Lipinski definition) is 1. The average molecular weight is 261 g/mol. The SMILES string of the molecule is CC(C)Nc1ccnc(C(=O)N2CCCCCC2)c1. The minimum atomic E-state index is 0.0642. The van der Waals surface area contributed by atoms with Crippen molar-refractivity contribution in [2.75, 3.05) is 18.4 Å². The molecule has 0 radical (unpaired) electrons. The lowest BCUT2D eigenvalue weighted by Crippen LogP contribution is -2.32. The van der Waals surface area contributed by atoms with E-state index in [1.54, 1.807) is 6.20 Å². The Hall–Kier alpha value is -1.58. The van der Waals surface area contributed by atoms with Gasteiger partial charge >= 0.3 is 0 Å². The molecule has 1 fully saturated rings.